The molecule has 2 amide bonds. The minimum Gasteiger partial charge on any atom is -0.452 e. The van der Waals surface area contributed by atoms with Gasteiger partial charge >= 0.3 is 5.97 Å². The highest BCUT2D eigenvalue weighted by Gasteiger charge is 2.25. The van der Waals surface area contributed by atoms with Crippen molar-refractivity contribution in [2.45, 2.75) is 45.1 Å². The van der Waals surface area contributed by atoms with E-state index in [2.05, 4.69) is 0 Å². The molecule has 25 heavy (non-hydrogen) atoms. The standard InChI is InChI=1S/C19H24N2O4/c1-14-6-2-3-10-20(14)18(23)13-25-19(24)15-7-4-8-16(12-15)21-11-5-9-17(21)22/h4,7-8,12,14H,2-3,5-6,9-11,13H2,1H3/t14-/m0/s1. The maximum absolute atomic E-state index is 12.3. The van der Waals surface area contributed by atoms with Crippen LogP contribution in [0.3, 0.4) is 0 Å². The number of carbonyl (C=O) groups excluding carboxylic acids is 3. The number of nitrogens with zero attached hydrogens (tertiary/aromatic N) is 2. The largest absolute Gasteiger partial charge is 0.452 e. The Morgan fingerprint density at radius 1 is 1.20 bits per heavy atom. The Kier molecular flexibility index (Phi) is 5.36. The van der Waals surface area contributed by atoms with Gasteiger partial charge in [-0.15, -0.1) is 0 Å². The lowest BCUT2D eigenvalue weighted by atomic mass is 10.0. The third-order valence-electron chi connectivity index (χ3n) is 4.92. The molecule has 2 aliphatic rings. The van der Waals surface area contributed by atoms with Gasteiger partial charge in [0.25, 0.3) is 5.91 Å². The first-order valence-electron chi connectivity index (χ1n) is 8.93. The average Bonchev–Trinajstić information content (AvgIpc) is 3.06. The second-order valence-electron chi connectivity index (χ2n) is 6.71. The summed E-state index contributed by atoms with van der Waals surface area (Å²) in [5.74, 6) is -0.613. The van der Waals surface area contributed by atoms with Gasteiger partial charge in [0.1, 0.15) is 0 Å². The minimum absolute atomic E-state index is 0.0692. The van der Waals surface area contributed by atoms with Crippen LogP contribution in [0, 0.1) is 0 Å². The Labute approximate surface area is 147 Å². The van der Waals surface area contributed by atoms with Gasteiger partial charge in [-0.1, -0.05) is 6.07 Å². The number of hydrogen-bond donors (Lipinski definition) is 0. The predicted molar refractivity (Wildman–Crippen MR) is 93.3 cm³/mol. The average molecular weight is 344 g/mol. The van der Waals surface area contributed by atoms with Crippen LogP contribution < -0.4 is 4.90 Å². The molecule has 2 fully saturated rings. The summed E-state index contributed by atoms with van der Waals surface area (Å²) in [7, 11) is 0. The number of hydrogen-bond acceptors (Lipinski definition) is 4. The smallest absolute Gasteiger partial charge is 0.338 e. The molecule has 0 aromatic heterocycles. The quantitative estimate of drug-likeness (QED) is 0.787. The van der Waals surface area contributed by atoms with E-state index in [4.69, 9.17) is 4.74 Å². The van der Waals surface area contributed by atoms with Crippen LogP contribution in [0.5, 0.6) is 0 Å². The van der Waals surface area contributed by atoms with Crippen LogP contribution in [0.1, 0.15) is 49.4 Å². The number of piperidine rings is 1. The first-order chi connectivity index (χ1) is 12.1. The molecule has 0 aliphatic carbocycles. The summed E-state index contributed by atoms with van der Waals surface area (Å²) in [6.07, 6.45) is 4.49. The van der Waals surface area contributed by atoms with E-state index in [1.54, 1.807) is 34.1 Å². The second-order valence-corrected chi connectivity index (χ2v) is 6.71. The molecule has 1 aromatic carbocycles. The molecule has 1 aromatic rings. The van der Waals surface area contributed by atoms with Crippen molar-refractivity contribution >= 4 is 23.5 Å². The fourth-order valence-corrected chi connectivity index (χ4v) is 3.48. The van der Waals surface area contributed by atoms with Gasteiger partial charge in [-0.25, -0.2) is 4.79 Å². The molecule has 6 heteroatoms. The van der Waals surface area contributed by atoms with Gasteiger partial charge in [-0.05, 0) is 50.8 Å². The van der Waals surface area contributed by atoms with Gasteiger partial charge in [0.15, 0.2) is 6.61 Å². The number of esters is 1. The Bertz CT molecular complexity index is 673. The lowest BCUT2D eigenvalue weighted by Crippen LogP contribution is -2.44. The van der Waals surface area contributed by atoms with Gasteiger partial charge in [-0.2, -0.15) is 0 Å². The Hall–Kier alpha value is -2.37. The van der Waals surface area contributed by atoms with Crippen LogP contribution >= 0.6 is 0 Å². The maximum atomic E-state index is 12.3. The van der Waals surface area contributed by atoms with Gasteiger partial charge in [0.2, 0.25) is 5.91 Å². The van der Waals surface area contributed by atoms with E-state index >= 15 is 0 Å². The van der Waals surface area contributed by atoms with Gasteiger partial charge in [0.05, 0.1) is 5.56 Å². The van der Waals surface area contributed by atoms with E-state index in [0.29, 0.717) is 24.2 Å². The number of ether oxygens (including phenoxy) is 1. The molecule has 6 nitrogen and oxygen atoms in total. The van der Waals surface area contributed by atoms with E-state index in [9.17, 15) is 14.4 Å². The monoisotopic (exact) mass is 344 g/mol. The summed E-state index contributed by atoms with van der Waals surface area (Å²) in [5, 5.41) is 0. The van der Waals surface area contributed by atoms with Crippen molar-refractivity contribution in [3.8, 4) is 0 Å². The first kappa shape index (κ1) is 17.5. The number of rotatable bonds is 4. The van der Waals surface area contributed by atoms with Gasteiger partial charge in [-0.3, -0.25) is 9.59 Å². The van der Waals surface area contributed by atoms with Crippen molar-refractivity contribution in [1.82, 2.24) is 4.90 Å². The van der Waals surface area contributed by atoms with Crippen LogP contribution in [0.15, 0.2) is 24.3 Å². The number of amides is 2. The lowest BCUT2D eigenvalue weighted by molar-refractivity contribution is -0.137. The third-order valence-corrected chi connectivity index (χ3v) is 4.92. The molecular formula is C19H24N2O4. The zero-order valence-corrected chi connectivity index (χ0v) is 14.6. The molecule has 0 bridgehead atoms. The maximum Gasteiger partial charge on any atom is 0.338 e. The minimum atomic E-state index is -0.536. The van der Waals surface area contributed by atoms with Gasteiger partial charge < -0.3 is 14.5 Å². The molecule has 2 heterocycles. The Balaban J connectivity index is 1.59. The number of carbonyl (C=O) groups is 3. The van der Waals surface area contributed by atoms with E-state index in [0.717, 1.165) is 32.2 Å². The third kappa shape index (κ3) is 4.00. The summed E-state index contributed by atoms with van der Waals surface area (Å²) < 4.78 is 5.20. The highest BCUT2D eigenvalue weighted by Crippen LogP contribution is 2.22. The normalized spacial score (nSPS) is 20.7. The highest BCUT2D eigenvalue weighted by molar-refractivity contribution is 5.97. The van der Waals surface area contributed by atoms with Crippen molar-refractivity contribution in [2.24, 2.45) is 0 Å². The van der Waals surface area contributed by atoms with Crippen LogP contribution in [0.2, 0.25) is 0 Å². The second kappa shape index (κ2) is 7.68. The van der Waals surface area contributed by atoms with E-state index in [1.807, 2.05) is 6.92 Å². The van der Waals surface area contributed by atoms with Crippen molar-refractivity contribution in [3.63, 3.8) is 0 Å². The number of benzene rings is 1. The molecule has 3 rings (SSSR count). The molecule has 134 valence electrons. The van der Waals surface area contributed by atoms with Crippen LogP contribution in [-0.4, -0.2) is 48.4 Å². The molecule has 0 spiro atoms. The van der Waals surface area contributed by atoms with Crippen molar-refractivity contribution < 1.29 is 19.1 Å². The van der Waals surface area contributed by atoms with Crippen molar-refractivity contribution in [3.05, 3.63) is 29.8 Å². The molecule has 2 aliphatic heterocycles. The van der Waals surface area contributed by atoms with E-state index < -0.39 is 5.97 Å². The molecule has 0 saturated carbocycles. The molecule has 0 N–H and O–H groups in total. The van der Waals surface area contributed by atoms with Gasteiger partial charge in [0, 0.05) is 31.2 Å². The SMILES string of the molecule is C[C@H]1CCCCN1C(=O)COC(=O)c1cccc(N2CCCC2=O)c1. The summed E-state index contributed by atoms with van der Waals surface area (Å²) >= 11 is 0. The fourth-order valence-electron chi connectivity index (χ4n) is 3.48. The number of anilines is 1. The van der Waals surface area contributed by atoms with E-state index in [-0.39, 0.29) is 24.5 Å². The summed E-state index contributed by atoms with van der Waals surface area (Å²) in [4.78, 5) is 39.8. The molecule has 0 radical (unpaired) electrons. The van der Waals surface area contributed by atoms with Crippen LogP contribution in [0.4, 0.5) is 5.69 Å². The van der Waals surface area contributed by atoms with Crippen LogP contribution in [0.25, 0.3) is 0 Å². The van der Waals surface area contributed by atoms with Crippen molar-refractivity contribution in [2.75, 3.05) is 24.6 Å². The molecule has 1 atom stereocenters. The predicted octanol–water partition coefficient (Wildman–Crippen LogP) is 2.37. The molecular weight excluding hydrogens is 320 g/mol. The van der Waals surface area contributed by atoms with Crippen LogP contribution in [-0.2, 0) is 14.3 Å². The van der Waals surface area contributed by atoms with Crippen molar-refractivity contribution in [1.29, 1.82) is 0 Å². The lowest BCUT2D eigenvalue weighted by Gasteiger charge is -2.33. The van der Waals surface area contributed by atoms with E-state index in [1.165, 1.54) is 0 Å². The number of likely N-dealkylation sites (tertiary alicyclic amines) is 1. The summed E-state index contributed by atoms with van der Waals surface area (Å²) in [6.45, 7) is 3.18. The Morgan fingerprint density at radius 3 is 2.76 bits per heavy atom. The topological polar surface area (TPSA) is 66.9 Å². The molecule has 0 unspecified atom stereocenters. The molecule has 2 saturated heterocycles. The first-order valence-corrected chi connectivity index (χ1v) is 8.93. The zero-order chi connectivity index (χ0) is 17.8. The Morgan fingerprint density at radius 2 is 2.04 bits per heavy atom. The fraction of sp³-hybridized carbons (Fsp3) is 0.526. The summed E-state index contributed by atoms with van der Waals surface area (Å²) in [6, 6.07) is 7.02. The zero-order valence-electron chi connectivity index (χ0n) is 14.6. The highest BCUT2D eigenvalue weighted by atomic mass is 16.5. The summed E-state index contributed by atoms with van der Waals surface area (Å²) in [5.41, 5.74) is 1.06.